The summed E-state index contributed by atoms with van der Waals surface area (Å²) in [7, 11) is 1.61. The summed E-state index contributed by atoms with van der Waals surface area (Å²) in [6, 6.07) is 12.2. The van der Waals surface area contributed by atoms with Crippen molar-refractivity contribution < 1.29 is 19.1 Å². The Bertz CT molecular complexity index is 655. The molecule has 0 amide bonds. The lowest BCUT2D eigenvalue weighted by atomic mass is 10.2. The molecule has 2 aromatic rings. The number of rotatable bonds is 8. The normalized spacial score (nSPS) is 10.2. The van der Waals surface area contributed by atoms with Gasteiger partial charge in [0.05, 0.1) is 30.8 Å². The standard InChI is InChI=1S/C17H19NO5/c1-13-16(18(19)20)5-3-6-17(13)23-12-4-11-22-15-9-7-14(21-2)8-10-15/h3,5-10H,4,11-12H2,1-2H3. The number of benzene rings is 2. The van der Waals surface area contributed by atoms with Crippen LogP contribution in [0.3, 0.4) is 0 Å². The van der Waals surface area contributed by atoms with Crippen LogP contribution in [0.15, 0.2) is 42.5 Å². The fraction of sp³-hybridized carbons (Fsp3) is 0.294. The number of hydrogen-bond donors (Lipinski definition) is 0. The van der Waals surface area contributed by atoms with E-state index in [0.717, 1.165) is 11.5 Å². The van der Waals surface area contributed by atoms with Crippen molar-refractivity contribution in [3.8, 4) is 17.2 Å². The van der Waals surface area contributed by atoms with E-state index in [4.69, 9.17) is 14.2 Å². The van der Waals surface area contributed by atoms with Crippen molar-refractivity contribution in [3.05, 3.63) is 58.1 Å². The molecule has 0 N–H and O–H groups in total. The lowest BCUT2D eigenvalue weighted by Gasteiger charge is -2.10. The Morgan fingerprint density at radius 3 is 2.30 bits per heavy atom. The van der Waals surface area contributed by atoms with Crippen molar-refractivity contribution in [3.63, 3.8) is 0 Å². The van der Waals surface area contributed by atoms with Gasteiger partial charge in [0.1, 0.15) is 17.2 Å². The second-order valence-corrected chi connectivity index (χ2v) is 4.88. The highest BCUT2D eigenvalue weighted by molar-refractivity contribution is 5.48. The van der Waals surface area contributed by atoms with Gasteiger partial charge in [-0.25, -0.2) is 0 Å². The van der Waals surface area contributed by atoms with Gasteiger partial charge < -0.3 is 14.2 Å². The summed E-state index contributed by atoms with van der Waals surface area (Å²) in [5, 5.41) is 10.9. The number of methoxy groups -OCH3 is 1. The van der Waals surface area contributed by atoms with Gasteiger partial charge in [0.25, 0.3) is 5.69 Å². The summed E-state index contributed by atoms with van der Waals surface area (Å²) in [6.07, 6.45) is 0.675. The second-order valence-electron chi connectivity index (χ2n) is 4.88. The molecule has 6 nitrogen and oxygen atoms in total. The molecule has 0 aliphatic carbocycles. The van der Waals surface area contributed by atoms with Crippen LogP contribution in [0.5, 0.6) is 17.2 Å². The average molecular weight is 317 g/mol. The molecule has 0 fully saturated rings. The Hall–Kier alpha value is -2.76. The van der Waals surface area contributed by atoms with Crippen molar-refractivity contribution in [1.82, 2.24) is 0 Å². The average Bonchev–Trinajstić information content (AvgIpc) is 2.56. The summed E-state index contributed by atoms with van der Waals surface area (Å²) in [6.45, 7) is 2.61. The Morgan fingerprint density at radius 2 is 1.65 bits per heavy atom. The molecule has 0 aromatic heterocycles. The van der Waals surface area contributed by atoms with E-state index in [1.54, 1.807) is 26.2 Å². The van der Waals surface area contributed by atoms with Gasteiger partial charge in [-0.15, -0.1) is 0 Å². The molecule has 23 heavy (non-hydrogen) atoms. The van der Waals surface area contributed by atoms with Gasteiger partial charge in [0.15, 0.2) is 0 Å². The van der Waals surface area contributed by atoms with Gasteiger partial charge in [-0.3, -0.25) is 10.1 Å². The van der Waals surface area contributed by atoms with Gasteiger partial charge in [-0.1, -0.05) is 6.07 Å². The Labute approximate surface area is 134 Å². The van der Waals surface area contributed by atoms with Crippen LogP contribution in [0.25, 0.3) is 0 Å². The van der Waals surface area contributed by atoms with Gasteiger partial charge in [-0.05, 0) is 37.3 Å². The molecule has 0 saturated carbocycles. The molecule has 0 aliphatic rings. The van der Waals surface area contributed by atoms with E-state index in [1.807, 2.05) is 24.3 Å². The molecule has 0 heterocycles. The van der Waals surface area contributed by atoms with Crippen molar-refractivity contribution in [2.75, 3.05) is 20.3 Å². The molecule has 0 aliphatic heterocycles. The van der Waals surface area contributed by atoms with E-state index in [1.165, 1.54) is 6.07 Å². The third kappa shape index (κ3) is 4.60. The fourth-order valence-corrected chi connectivity index (χ4v) is 2.06. The minimum absolute atomic E-state index is 0.0667. The number of ether oxygens (including phenoxy) is 3. The summed E-state index contributed by atoms with van der Waals surface area (Å²) in [5.41, 5.74) is 0.602. The van der Waals surface area contributed by atoms with Crippen LogP contribution >= 0.6 is 0 Å². The van der Waals surface area contributed by atoms with E-state index >= 15 is 0 Å². The molecular weight excluding hydrogens is 298 g/mol. The minimum atomic E-state index is -0.408. The van der Waals surface area contributed by atoms with E-state index < -0.39 is 4.92 Å². The van der Waals surface area contributed by atoms with Crippen LogP contribution in [0, 0.1) is 17.0 Å². The zero-order chi connectivity index (χ0) is 16.7. The molecule has 0 unspecified atom stereocenters. The Kier molecular flexibility index (Phi) is 5.80. The van der Waals surface area contributed by atoms with Crippen LogP contribution in [0.2, 0.25) is 0 Å². The molecule has 0 radical (unpaired) electrons. The highest BCUT2D eigenvalue weighted by Gasteiger charge is 2.13. The maximum atomic E-state index is 10.9. The third-order valence-corrected chi connectivity index (χ3v) is 3.33. The topological polar surface area (TPSA) is 70.8 Å². The van der Waals surface area contributed by atoms with Gasteiger partial charge >= 0.3 is 0 Å². The van der Waals surface area contributed by atoms with Gasteiger partial charge in [0.2, 0.25) is 0 Å². The minimum Gasteiger partial charge on any atom is -0.497 e. The highest BCUT2D eigenvalue weighted by atomic mass is 16.6. The SMILES string of the molecule is COc1ccc(OCCCOc2cccc([N+](=O)[O-])c2C)cc1. The fourth-order valence-electron chi connectivity index (χ4n) is 2.06. The van der Waals surface area contributed by atoms with E-state index in [0.29, 0.717) is 30.9 Å². The lowest BCUT2D eigenvalue weighted by molar-refractivity contribution is -0.385. The number of nitro benzene ring substituents is 1. The zero-order valence-corrected chi connectivity index (χ0v) is 13.2. The van der Waals surface area contributed by atoms with E-state index in [-0.39, 0.29) is 5.69 Å². The Balaban J connectivity index is 1.77. The number of nitrogens with zero attached hydrogens (tertiary/aromatic N) is 1. The van der Waals surface area contributed by atoms with Crippen molar-refractivity contribution in [2.45, 2.75) is 13.3 Å². The van der Waals surface area contributed by atoms with Crippen LogP contribution in [0.1, 0.15) is 12.0 Å². The van der Waals surface area contributed by atoms with Crippen LogP contribution in [0.4, 0.5) is 5.69 Å². The summed E-state index contributed by atoms with van der Waals surface area (Å²) < 4.78 is 16.3. The monoisotopic (exact) mass is 317 g/mol. The molecular formula is C17H19NO5. The van der Waals surface area contributed by atoms with Crippen LogP contribution in [-0.4, -0.2) is 25.2 Å². The van der Waals surface area contributed by atoms with E-state index in [9.17, 15) is 10.1 Å². The second kappa shape index (κ2) is 8.03. The Morgan fingerprint density at radius 1 is 1.00 bits per heavy atom. The first-order chi connectivity index (χ1) is 11.1. The number of hydrogen-bond acceptors (Lipinski definition) is 5. The summed E-state index contributed by atoms with van der Waals surface area (Å²) in [4.78, 5) is 10.5. The first kappa shape index (κ1) is 16.6. The quantitative estimate of drug-likeness (QED) is 0.421. The third-order valence-electron chi connectivity index (χ3n) is 3.33. The molecule has 2 aromatic carbocycles. The number of nitro groups is 1. The van der Waals surface area contributed by atoms with Crippen molar-refractivity contribution in [1.29, 1.82) is 0 Å². The zero-order valence-electron chi connectivity index (χ0n) is 13.2. The molecule has 0 bridgehead atoms. The van der Waals surface area contributed by atoms with Crippen LogP contribution < -0.4 is 14.2 Å². The predicted octanol–water partition coefficient (Wildman–Crippen LogP) is 3.76. The van der Waals surface area contributed by atoms with Crippen molar-refractivity contribution >= 4 is 5.69 Å². The van der Waals surface area contributed by atoms with E-state index in [2.05, 4.69) is 0 Å². The first-order valence-corrected chi connectivity index (χ1v) is 7.25. The molecule has 0 spiro atoms. The maximum absolute atomic E-state index is 10.9. The molecule has 0 saturated heterocycles. The lowest BCUT2D eigenvalue weighted by Crippen LogP contribution is -2.06. The highest BCUT2D eigenvalue weighted by Crippen LogP contribution is 2.27. The molecule has 6 heteroatoms. The predicted molar refractivity (Wildman–Crippen MR) is 86.4 cm³/mol. The maximum Gasteiger partial charge on any atom is 0.276 e. The van der Waals surface area contributed by atoms with Crippen LogP contribution in [-0.2, 0) is 0 Å². The molecule has 0 atom stereocenters. The largest absolute Gasteiger partial charge is 0.497 e. The van der Waals surface area contributed by atoms with Gasteiger partial charge in [-0.2, -0.15) is 0 Å². The molecule has 2 rings (SSSR count). The van der Waals surface area contributed by atoms with Gasteiger partial charge in [0, 0.05) is 12.5 Å². The summed E-state index contributed by atoms with van der Waals surface area (Å²) >= 11 is 0. The van der Waals surface area contributed by atoms with Crippen molar-refractivity contribution in [2.24, 2.45) is 0 Å². The summed E-state index contributed by atoms with van der Waals surface area (Å²) in [5.74, 6) is 2.07. The smallest absolute Gasteiger partial charge is 0.276 e. The first-order valence-electron chi connectivity index (χ1n) is 7.25. The molecule has 122 valence electrons.